The van der Waals surface area contributed by atoms with Gasteiger partial charge in [0.1, 0.15) is 18.2 Å². The highest BCUT2D eigenvalue weighted by molar-refractivity contribution is 5.97. The van der Waals surface area contributed by atoms with Crippen LogP contribution >= 0.6 is 0 Å². The van der Waals surface area contributed by atoms with Crippen LogP contribution in [0.5, 0.6) is 0 Å². The van der Waals surface area contributed by atoms with Crippen molar-refractivity contribution in [3.05, 3.63) is 11.8 Å². The fourth-order valence-electron chi connectivity index (χ4n) is 0.903. The van der Waals surface area contributed by atoms with Crippen LogP contribution in [0.1, 0.15) is 6.42 Å². The number of carbonyl (C=O) groups is 2. The lowest BCUT2D eigenvalue weighted by molar-refractivity contribution is -0.135. The number of amides is 1. The fourth-order valence-corrected chi connectivity index (χ4v) is 0.903. The van der Waals surface area contributed by atoms with Gasteiger partial charge in [-0.3, -0.25) is 9.59 Å². The lowest BCUT2D eigenvalue weighted by Gasteiger charge is -2.03. The van der Waals surface area contributed by atoms with Gasteiger partial charge >= 0.3 is 5.97 Å². The number of ether oxygens (including phenoxy) is 1. The normalized spacial score (nSPS) is 10.5. The van der Waals surface area contributed by atoms with E-state index in [1.165, 1.54) is 0 Å². The zero-order valence-corrected chi connectivity index (χ0v) is 9.52. The number of carboxylic acid groups (broad SMARTS) is 1. The lowest BCUT2D eigenvalue weighted by atomic mass is 10.3. The van der Waals surface area contributed by atoms with Crippen LogP contribution in [0.25, 0.3) is 0 Å². The third-order valence-electron chi connectivity index (χ3n) is 1.68. The minimum Gasteiger partial charge on any atom is -0.480 e. The van der Waals surface area contributed by atoms with Crippen molar-refractivity contribution in [3.8, 4) is 6.07 Å². The van der Waals surface area contributed by atoms with E-state index < -0.39 is 11.9 Å². The third-order valence-corrected chi connectivity index (χ3v) is 1.68. The summed E-state index contributed by atoms with van der Waals surface area (Å²) in [4.78, 5) is 21.6. The van der Waals surface area contributed by atoms with E-state index >= 15 is 0 Å². The number of carbonyl (C=O) groups excluding carboxylic acids is 1. The topological polar surface area (TPSA) is 111 Å². The molecule has 0 heterocycles. The van der Waals surface area contributed by atoms with Crippen molar-refractivity contribution in [2.45, 2.75) is 6.42 Å². The molecule has 3 N–H and O–H groups in total. The van der Waals surface area contributed by atoms with Crippen LogP contribution < -0.4 is 10.6 Å². The molecule has 0 fully saturated rings. The van der Waals surface area contributed by atoms with Gasteiger partial charge < -0.3 is 20.5 Å². The summed E-state index contributed by atoms with van der Waals surface area (Å²) in [7, 11) is 1.55. The second kappa shape index (κ2) is 9.18. The van der Waals surface area contributed by atoms with Gasteiger partial charge in [-0.15, -0.1) is 0 Å². The average Bonchev–Trinajstić information content (AvgIpc) is 2.29. The fraction of sp³-hybridized carbons (Fsp3) is 0.500. The molecule has 0 rings (SSSR count). The van der Waals surface area contributed by atoms with Crippen molar-refractivity contribution in [3.63, 3.8) is 0 Å². The molecule has 0 aromatic carbocycles. The molecule has 0 saturated heterocycles. The summed E-state index contributed by atoms with van der Waals surface area (Å²) in [6.45, 7) is 0.565. The first-order valence-electron chi connectivity index (χ1n) is 4.94. The van der Waals surface area contributed by atoms with Gasteiger partial charge in [-0.25, -0.2) is 0 Å². The van der Waals surface area contributed by atoms with Gasteiger partial charge in [0.2, 0.25) is 0 Å². The van der Waals surface area contributed by atoms with Crippen LogP contribution in [0, 0.1) is 11.3 Å². The number of aliphatic carboxylic acids is 1. The highest BCUT2D eigenvalue weighted by atomic mass is 16.5. The van der Waals surface area contributed by atoms with Crippen molar-refractivity contribution in [1.82, 2.24) is 10.6 Å². The van der Waals surface area contributed by atoms with Crippen molar-refractivity contribution < 1.29 is 19.4 Å². The van der Waals surface area contributed by atoms with Crippen LogP contribution in [0.3, 0.4) is 0 Å². The SMILES string of the molecule is COCCCNC(=O)/C(C#N)=C\NCC(=O)O. The van der Waals surface area contributed by atoms with E-state index in [1.807, 2.05) is 0 Å². The Balaban J connectivity index is 4.04. The van der Waals surface area contributed by atoms with Crippen LogP contribution in [0.4, 0.5) is 0 Å². The predicted octanol–water partition coefficient (Wildman–Crippen LogP) is -0.779. The van der Waals surface area contributed by atoms with Crippen LogP contribution in [0.15, 0.2) is 11.8 Å². The quantitative estimate of drug-likeness (QED) is 0.292. The number of nitriles is 1. The van der Waals surface area contributed by atoms with Crippen LogP contribution in [0.2, 0.25) is 0 Å². The summed E-state index contributed by atoms with van der Waals surface area (Å²) in [6, 6.07) is 1.68. The first kappa shape index (κ1) is 14.9. The van der Waals surface area contributed by atoms with Crippen LogP contribution in [-0.2, 0) is 14.3 Å². The smallest absolute Gasteiger partial charge is 0.322 e. The lowest BCUT2D eigenvalue weighted by Crippen LogP contribution is -2.28. The molecule has 0 bridgehead atoms. The largest absolute Gasteiger partial charge is 0.480 e. The summed E-state index contributed by atoms with van der Waals surface area (Å²) >= 11 is 0. The maximum atomic E-state index is 11.4. The summed E-state index contributed by atoms with van der Waals surface area (Å²) in [5, 5.41) is 21.9. The molecular formula is C10H15N3O4. The van der Waals surface area contributed by atoms with Crippen molar-refractivity contribution in [2.24, 2.45) is 0 Å². The van der Waals surface area contributed by atoms with Crippen molar-refractivity contribution in [2.75, 3.05) is 26.8 Å². The van der Waals surface area contributed by atoms with Gasteiger partial charge in [0.05, 0.1) is 0 Å². The van der Waals surface area contributed by atoms with Crippen molar-refractivity contribution >= 4 is 11.9 Å². The monoisotopic (exact) mass is 241 g/mol. The second-order valence-corrected chi connectivity index (χ2v) is 3.05. The molecule has 0 saturated carbocycles. The molecule has 7 heteroatoms. The Hall–Kier alpha value is -2.07. The molecule has 0 unspecified atom stereocenters. The number of rotatable bonds is 8. The molecule has 0 radical (unpaired) electrons. The molecule has 17 heavy (non-hydrogen) atoms. The Morgan fingerprint density at radius 3 is 2.76 bits per heavy atom. The van der Waals surface area contributed by atoms with E-state index in [2.05, 4.69) is 10.6 Å². The molecule has 0 aliphatic carbocycles. The Labute approximate surface area is 99.1 Å². The van der Waals surface area contributed by atoms with Crippen molar-refractivity contribution in [1.29, 1.82) is 5.26 Å². The minimum atomic E-state index is -1.07. The molecule has 1 amide bonds. The molecule has 0 aliphatic rings. The number of nitrogens with one attached hydrogen (secondary N) is 2. The first-order chi connectivity index (χ1) is 8.11. The van der Waals surface area contributed by atoms with Gasteiger partial charge in [0.25, 0.3) is 5.91 Å². The average molecular weight is 241 g/mol. The number of carboxylic acids is 1. The molecule has 0 aromatic heterocycles. The number of nitrogens with zero attached hydrogens (tertiary/aromatic N) is 1. The Bertz CT molecular complexity index is 333. The number of methoxy groups -OCH3 is 1. The molecule has 94 valence electrons. The summed E-state index contributed by atoms with van der Waals surface area (Å²) in [6.07, 6.45) is 1.73. The molecule has 0 spiro atoms. The third kappa shape index (κ3) is 7.81. The highest BCUT2D eigenvalue weighted by Crippen LogP contribution is 1.90. The molecule has 0 aliphatic heterocycles. The Kier molecular flexibility index (Phi) is 8.06. The Morgan fingerprint density at radius 2 is 2.24 bits per heavy atom. The zero-order valence-electron chi connectivity index (χ0n) is 9.52. The van der Waals surface area contributed by atoms with Gasteiger partial charge in [0, 0.05) is 26.5 Å². The first-order valence-corrected chi connectivity index (χ1v) is 4.94. The summed E-state index contributed by atoms with van der Waals surface area (Å²) in [5.74, 6) is -1.61. The standard InChI is InChI=1S/C10H15N3O4/c1-17-4-2-3-13-10(16)8(5-11)6-12-7-9(14)15/h6,12H,2-4,7H2,1H3,(H,13,16)(H,14,15)/b8-6-. The van der Waals surface area contributed by atoms with Crippen LogP contribution in [-0.4, -0.2) is 43.8 Å². The molecular weight excluding hydrogens is 226 g/mol. The van der Waals surface area contributed by atoms with E-state index in [0.717, 1.165) is 6.20 Å². The number of hydrogen-bond acceptors (Lipinski definition) is 5. The summed E-state index contributed by atoms with van der Waals surface area (Å²) < 4.78 is 4.79. The van der Waals surface area contributed by atoms with Gasteiger partial charge in [-0.1, -0.05) is 0 Å². The maximum absolute atomic E-state index is 11.4. The van der Waals surface area contributed by atoms with E-state index in [-0.39, 0.29) is 12.1 Å². The molecule has 7 nitrogen and oxygen atoms in total. The molecule has 0 atom stereocenters. The zero-order chi connectivity index (χ0) is 13.1. The highest BCUT2D eigenvalue weighted by Gasteiger charge is 2.07. The van der Waals surface area contributed by atoms with E-state index in [9.17, 15) is 9.59 Å². The van der Waals surface area contributed by atoms with Gasteiger partial charge in [-0.05, 0) is 6.42 Å². The summed E-state index contributed by atoms with van der Waals surface area (Å²) in [5.41, 5.74) is -0.163. The number of hydrogen-bond donors (Lipinski definition) is 3. The van der Waals surface area contributed by atoms with Gasteiger partial charge in [-0.2, -0.15) is 5.26 Å². The minimum absolute atomic E-state index is 0.163. The van der Waals surface area contributed by atoms with E-state index in [0.29, 0.717) is 19.6 Å². The Morgan fingerprint density at radius 1 is 1.53 bits per heavy atom. The predicted molar refractivity (Wildman–Crippen MR) is 58.8 cm³/mol. The van der Waals surface area contributed by atoms with E-state index in [4.69, 9.17) is 15.1 Å². The van der Waals surface area contributed by atoms with Gasteiger partial charge in [0.15, 0.2) is 0 Å². The molecule has 0 aromatic rings. The van der Waals surface area contributed by atoms with E-state index in [1.54, 1.807) is 13.2 Å². The maximum Gasteiger partial charge on any atom is 0.322 e. The second-order valence-electron chi connectivity index (χ2n) is 3.05.